The molecule has 26 heavy (non-hydrogen) atoms. The number of rotatable bonds is 4. The van der Waals surface area contributed by atoms with Crippen molar-refractivity contribution in [2.75, 3.05) is 6.61 Å². The zero-order valence-electron chi connectivity index (χ0n) is 15.4. The van der Waals surface area contributed by atoms with Gasteiger partial charge >= 0.3 is 0 Å². The van der Waals surface area contributed by atoms with E-state index in [2.05, 4.69) is 15.3 Å². The number of aryl methyl sites for hydroxylation is 1. The Labute approximate surface area is 152 Å². The molecule has 1 saturated heterocycles. The van der Waals surface area contributed by atoms with Gasteiger partial charge < -0.3 is 14.6 Å². The minimum absolute atomic E-state index is 0.124. The summed E-state index contributed by atoms with van der Waals surface area (Å²) in [5.74, 6) is 0.261. The van der Waals surface area contributed by atoms with Gasteiger partial charge in [-0.2, -0.15) is 0 Å². The summed E-state index contributed by atoms with van der Waals surface area (Å²) < 4.78 is 7.31. The van der Waals surface area contributed by atoms with Crippen molar-refractivity contribution in [2.24, 2.45) is 7.05 Å². The molecule has 7 heteroatoms. The first-order chi connectivity index (χ1) is 12.4. The molecule has 1 amide bonds. The Morgan fingerprint density at radius 3 is 2.69 bits per heavy atom. The molecular weight excluding hydrogens is 332 g/mol. The first kappa shape index (κ1) is 18.3. The Hall–Kier alpha value is -2.54. The lowest BCUT2D eigenvalue weighted by atomic mass is 9.95. The van der Waals surface area contributed by atoms with Gasteiger partial charge in [-0.05, 0) is 45.2 Å². The third kappa shape index (κ3) is 3.67. The van der Waals surface area contributed by atoms with Crippen LogP contribution in [0.4, 0.5) is 0 Å². The fraction of sp³-hybridized carbons (Fsp3) is 0.474. The van der Waals surface area contributed by atoms with Crippen LogP contribution in [0.5, 0.6) is 0 Å². The SMILES string of the molecule is Cc1ccc(C(=O)NCc2cnc(C3(C)CCCCO3)nc2)c(=O)n1C. The maximum absolute atomic E-state index is 12.3. The molecule has 0 aromatic carbocycles. The minimum atomic E-state index is -0.436. The number of pyridine rings is 1. The minimum Gasteiger partial charge on any atom is -0.367 e. The Kier molecular flexibility index (Phi) is 5.18. The molecule has 0 radical (unpaired) electrons. The van der Waals surface area contributed by atoms with Gasteiger partial charge in [0.2, 0.25) is 0 Å². The number of hydrogen-bond acceptors (Lipinski definition) is 5. The van der Waals surface area contributed by atoms with E-state index in [1.807, 2.05) is 13.8 Å². The van der Waals surface area contributed by atoms with E-state index in [4.69, 9.17) is 4.74 Å². The Bertz CT molecular complexity index is 852. The third-order valence-corrected chi connectivity index (χ3v) is 4.90. The average molecular weight is 356 g/mol. The Balaban J connectivity index is 1.66. The smallest absolute Gasteiger partial charge is 0.263 e. The van der Waals surface area contributed by atoms with Crippen LogP contribution in [-0.4, -0.2) is 27.0 Å². The van der Waals surface area contributed by atoms with Crippen LogP contribution in [0.3, 0.4) is 0 Å². The molecule has 1 unspecified atom stereocenters. The van der Waals surface area contributed by atoms with Crippen molar-refractivity contribution in [3.05, 3.63) is 57.5 Å². The molecule has 138 valence electrons. The largest absolute Gasteiger partial charge is 0.367 e. The molecule has 0 bridgehead atoms. The van der Waals surface area contributed by atoms with Crippen LogP contribution in [0, 0.1) is 6.92 Å². The van der Waals surface area contributed by atoms with Crippen molar-refractivity contribution >= 4 is 5.91 Å². The van der Waals surface area contributed by atoms with Crippen LogP contribution >= 0.6 is 0 Å². The monoisotopic (exact) mass is 356 g/mol. The molecule has 3 rings (SSSR count). The van der Waals surface area contributed by atoms with Gasteiger partial charge in [-0.15, -0.1) is 0 Å². The second kappa shape index (κ2) is 7.37. The zero-order valence-corrected chi connectivity index (χ0v) is 15.4. The predicted octanol–water partition coefficient (Wildman–Crippen LogP) is 1.83. The molecule has 1 N–H and O–H groups in total. The molecular formula is C19H24N4O3. The predicted molar refractivity (Wildman–Crippen MR) is 96.8 cm³/mol. The molecule has 1 atom stereocenters. The van der Waals surface area contributed by atoms with Gasteiger partial charge in [-0.25, -0.2) is 9.97 Å². The normalized spacial score (nSPS) is 20.0. The second-order valence-corrected chi connectivity index (χ2v) is 6.89. The van der Waals surface area contributed by atoms with Gasteiger partial charge in [0.15, 0.2) is 5.82 Å². The van der Waals surface area contributed by atoms with Crippen LogP contribution in [0.1, 0.15) is 53.6 Å². The van der Waals surface area contributed by atoms with Crippen LogP contribution < -0.4 is 10.9 Å². The summed E-state index contributed by atoms with van der Waals surface area (Å²) in [5, 5.41) is 2.75. The lowest BCUT2D eigenvalue weighted by molar-refractivity contribution is -0.0760. The van der Waals surface area contributed by atoms with Crippen LogP contribution in [0.25, 0.3) is 0 Å². The molecule has 1 aliphatic rings. The first-order valence-corrected chi connectivity index (χ1v) is 8.81. The third-order valence-electron chi connectivity index (χ3n) is 4.90. The highest BCUT2D eigenvalue weighted by atomic mass is 16.5. The van der Waals surface area contributed by atoms with Crippen molar-refractivity contribution in [1.29, 1.82) is 0 Å². The maximum atomic E-state index is 12.3. The lowest BCUT2D eigenvalue weighted by Gasteiger charge is -2.32. The maximum Gasteiger partial charge on any atom is 0.263 e. The molecule has 0 saturated carbocycles. The van der Waals surface area contributed by atoms with Crippen molar-refractivity contribution in [1.82, 2.24) is 19.9 Å². The number of carbonyl (C=O) groups is 1. The highest BCUT2D eigenvalue weighted by Gasteiger charge is 2.32. The molecule has 2 aromatic rings. The molecule has 2 aromatic heterocycles. The van der Waals surface area contributed by atoms with E-state index >= 15 is 0 Å². The summed E-state index contributed by atoms with van der Waals surface area (Å²) in [7, 11) is 1.65. The van der Waals surface area contributed by atoms with Gasteiger partial charge in [-0.3, -0.25) is 9.59 Å². The van der Waals surface area contributed by atoms with Gasteiger partial charge in [-0.1, -0.05) is 0 Å². The van der Waals surface area contributed by atoms with Gasteiger partial charge in [0, 0.05) is 43.9 Å². The van der Waals surface area contributed by atoms with E-state index in [-0.39, 0.29) is 17.7 Å². The van der Waals surface area contributed by atoms with Crippen molar-refractivity contribution in [3.63, 3.8) is 0 Å². The Morgan fingerprint density at radius 1 is 1.31 bits per heavy atom. The summed E-state index contributed by atoms with van der Waals surface area (Å²) in [6, 6.07) is 3.30. The summed E-state index contributed by atoms with van der Waals surface area (Å²) in [6.07, 6.45) is 6.46. The van der Waals surface area contributed by atoms with E-state index in [0.29, 0.717) is 5.82 Å². The number of nitrogens with zero attached hydrogens (tertiary/aromatic N) is 3. The standard InChI is InChI=1S/C19H24N4O3/c1-13-6-7-15(17(25)23(13)3)16(24)20-10-14-11-21-18(22-12-14)19(2)8-4-5-9-26-19/h6-7,11-12H,4-5,8-10H2,1-3H3,(H,20,24). The number of ether oxygens (including phenoxy) is 1. The van der Waals surface area contributed by atoms with Crippen molar-refractivity contribution < 1.29 is 9.53 Å². The molecule has 1 fully saturated rings. The summed E-state index contributed by atoms with van der Waals surface area (Å²) >= 11 is 0. The number of hydrogen-bond donors (Lipinski definition) is 1. The highest BCUT2D eigenvalue weighted by Crippen LogP contribution is 2.32. The number of aromatic nitrogens is 3. The summed E-state index contributed by atoms with van der Waals surface area (Å²) in [5.41, 5.74) is 0.948. The van der Waals surface area contributed by atoms with Crippen molar-refractivity contribution in [3.8, 4) is 0 Å². The second-order valence-electron chi connectivity index (χ2n) is 6.89. The molecule has 0 spiro atoms. The van der Waals surface area contributed by atoms with E-state index < -0.39 is 11.5 Å². The van der Waals surface area contributed by atoms with Gasteiger partial charge in [0.25, 0.3) is 11.5 Å². The number of carbonyl (C=O) groups excluding carboxylic acids is 1. The van der Waals surface area contributed by atoms with Crippen LogP contribution in [-0.2, 0) is 23.9 Å². The first-order valence-electron chi connectivity index (χ1n) is 8.81. The number of amides is 1. The molecule has 0 aliphatic carbocycles. The zero-order chi connectivity index (χ0) is 18.7. The number of nitrogens with one attached hydrogen (secondary N) is 1. The lowest BCUT2D eigenvalue weighted by Crippen LogP contribution is -2.33. The van der Waals surface area contributed by atoms with E-state index in [9.17, 15) is 9.59 Å². The summed E-state index contributed by atoms with van der Waals surface area (Å²) in [6.45, 7) is 4.81. The van der Waals surface area contributed by atoms with Gasteiger partial charge in [0.1, 0.15) is 11.2 Å². The average Bonchev–Trinajstić information content (AvgIpc) is 2.65. The van der Waals surface area contributed by atoms with Gasteiger partial charge in [0.05, 0.1) is 0 Å². The molecule has 7 nitrogen and oxygen atoms in total. The van der Waals surface area contributed by atoms with E-state index in [0.717, 1.165) is 37.1 Å². The summed E-state index contributed by atoms with van der Waals surface area (Å²) in [4.78, 5) is 33.3. The van der Waals surface area contributed by atoms with E-state index in [1.54, 1.807) is 31.6 Å². The quantitative estimate of drug-likeness (QED) is 0.903. The molecule has 1 aliphatic heterocycles. The van der Waals surface area contributed by atoms with E-state index in [1.165, 1.54) is 4.57 Å². The fourth-order valence-corrected chi connectivity index (χ4v) is 3.01. The fourth-order valence-electron chi connectivity index (χ4n) is 3.01. The topological polar surface area (TPSA) is 86.1 Å². The Morgan fingerprint density at radius 2 is 2.04 bits per heavy atom. The highest BCUT2D eigenvalue weighted by molar-refractivity contribution is 5.93. The van der Waals surface area contributed by atoms with Crippen LogP contribution in [0.2, 0.25) is 0 Å². The molecule has 3 heterocycles. The van der Waals surface area contributed by atoms with Crippen LogP contribution in [0.15, 0.2) is 29.3 Å². The van der Waals surface area contributed by atoms with Crippen molar-refractivity contribution in [2.45, 2.75) is 45.3 Å².